The number of likely N-dealkylation sites (tertiary alicyclic amines) is 1. The molecule has 142 valence electrons. The van der Waals surface area contributed by atoms with Crippen LogP contribution in [0.1, 0.15) is 13.3 Å². The summed E-state index contributed by atoms with van der Waals surface area (Å²) in [6, 6.07) is 1.64. The molecule has 0 unspecified atom stereocenters. The second-order valence-corrected chi connectivity index (χ2v) is 6.56. The van der Waals surface area contributed by atoms with Gasteiger partial charge < -0.3 is 24.8 Å². The number of methoxy groups -OCH3 is 1. The first-order valence-electron chi connectivity index (χ1n) is 9.03. The van der Waals surface area contributed by atoms with Crippen molar-refractivity contribution in [1.29, 1.82) is 0 Å². The smallest absolute Gasteiger partial charge is 0.317 e. The molecule has 1 N–H and O–H groups in total. The maximum atomic E-state index is 12.4. The van der Waals surface area contributed by atoms with Gasteiger partial charge in [-0.05, 0) is 6.92 Å². The Kier molecular flexibility index (Phi) is 5.75. The van der Waals surface area contributed by atoms with Gasteiger partial charge in [-0.1, -0.05) is 0 Å². The number of carbonyl (C=O) groups excluding carboxylic acids is 2. The Bertz CT molecular complexity index is 647. The number of amides is 3. The Morgan fingerprint density at radius 1 is 1.35 bits per heavy atom. The van der Waals surface area contributed by atoms with Gasteiger partial charge in [0.1, 0.15) is 0 Å². The second kappa shape index (κ2) is 8.20. The van der Waals surface area contributed by atoms with E-state index in [9.17, 15) is 9.59 Å². The molecule has 3 amide bonds. The number of urea groups is 1. The number of hydrogen-bond acceptors (Lipinski definition) is 6. The van der Waals surface area contributed by atoms with Crippen molar-refractivity contribution in [2.75, 3.05) is 57.8 Å². The zero-order chi connectivity index (χ0) is 18.5. The SMILES string of the molecule is CCN1C[C@@H](CNC(=O)N2CCN(c3nccc(OC)n3)CC2)CC1=O. The molecule has 26 heavy (non-hydrogen) atoms. The minimum atomic E-state index is -0.0707. The summed E-state index contributed by atoms with van der Waals surface area (Å²) in [6.45, 7) is 6.55. The van der Waals surface area contributed by atoms with Gasteiger partial charge in [-0.25, -0.2) is 9.78 Å². The molecule has 0 spiro atoms. The van der Waals surface area contributed by atoms with E-state index in [0.717, 1.165) is 13.1 Å². The Morgan fingerprint density at radius 3 is 2.77 bits per heavy atom. The molecule has 3 rings (SSSR count). The van der Waals surface area contributed by atoms with Gasteiger partial charge in [0, 0.05) is 70.4 Å². The highest BCUT2D eigenvalue weighted by molar-refractivity contribution is 5.79. The lowest BCUT2D eigenvalue weighted by Crippen LogP contribution is -2.52. The van der Waals surface area contributed by atoms with Gasteiger partial charge in [-0.15, -0.1) is 0 Å². The lowest BCUT2D eigenvalue weighted by atomic mass is 10.1. The molecule has 2 aliphatic rings. The third-order valence-electron chi connectivity index (χ3n) is 4.89. The number of hydrogen-bond donors (Lipinski definition) is 1. The normalized spacial score (nSPS) is 20.5. The zero-order valence-electron chi connectivity index (χ0n) is 15.3. The molecular formula is C17H26N6O3. The topological polar surface area (TPSA) is 90.9 Å². The molecule has 1 aromatic heterocycles. The molecule has 0 aliphatic carbocycles. The number of ether oxygens (including phenoxy) is 1. The Labute approximate surface area is 153 Å². The highest BCUT2D eigenvalue weighted by Crippen LogP contribution is 2.17. The van der Waals surface area contributed by atoms with E-state index < -0.39 is 0 Å². The molecule has 2 saturated heterocycles. The lowest BCUT2D eigenvalue weighted by molar-refractivity contribution is -0.127. The molecule has 0 aromatic carbocycles. The molecule has 1 atom stereocenters. The summed E-state index contributed by atoms with van der Waals surface area (Å²) >= 11 is 0. The van der Waals surface area contributed by atoms with Crippen LogP contribution in [0.2, 0.25) is 0 Å². The van der Waals surface area contributed by atoms with Crippen molar-refractivity contribution in [2.24, 2.45) is 5.92 Å². The van der Waals surface area contributed by atoms with Crippen molar-refractivity contribution in [3.05, 3.63) is 12.3 Å². The number of nitrogens with zero attached hydrogens (tertiary/aromatic N) is 5. The highest BCUT2D eigenvalue weighted by Gasteiger charge is 2.29. The van der Waals surface area contributed by atoms with Crippen LogP contribution in [0.5, 0.6) is 5.88 Å². The maximum absolute atomic E-state index is 12.4. The van der Waals surface area contributed by atoms with E-state index >= 15 is 0 Å². The minimum absolute atomic E-state index is 0.0707. The number of nitrogens with one attached hydrogen (secondary N) is 1. The quantitative estimate of drug-likeness (QED) is 0.804. The Balaban J connectivity index is 1.44. The second-order valence-electron chi connectivity index (χ2n) is 6.56. The summed E-state index contributed by atoms with van der Waals surface area (Å²) in [5.74, 6) is 1.53. The Morgan fingerprint density at radius 2 is 2.12 bits per heavy atom. The van der Waals surface area contributed by atoms with Crippen LogP contribution < -0.4 is 15.0 Å². The Hall–Kier alpha value is -2.58. The standard InChI is InChI=1S/C17H26N6O3/c1-3-21-12-13(10-15(21)24)11-19-17(25)23-8-6-22(7-9-23)16-18-5-4-14(20-16)26-2/h4-5,13H,3,6-12H2,1-2H3,(H,19,25)/t13-/m1/s1. The molecule has 0 bridgehead atoms. The fourth-order valence-electron chi connectivity index (χ4n) is 3.35. The van der Waals surface area contributed by atoms with Crippen LogP contribution >= 0.6 is 0 Å². The number of piperazine rings is 1. The summed E-state index contributed by atoms with van der Waals surface area (Å²) < 4.78 is 5.13. The van der Waals surface area contributed by atoms with E-state index in [1.54, 1.807) is 24.3 Å². The number of rotatable bonds is 5. The first kappa shape index (κ1) is 18.2. The van der Waals surface area contributed by atoms with Crippen molar-refractivity contribution < 1.29 is 14.3 Å². The van der Waals surface area contributed by atoms with Gasteiger partial charge in [0.15, 0.2) is 0 Å². The predicted molar refractivity (Wildman–Crippen MR) is 96.1 cm³/mol. The number of aromatic nitrogens is 2. The first-order valence-corrected chi connectivity index (χ1v) is 9.03. The summed E-state index contributed by atoms with van der Waals surface area (Å²) in [6.07, 6.45) is 2.19. The zero-order valence-corrected chi connectivity index (χ0v) is 15.3. The van der Waals surface area contributed by atoms with Crippen molar-refractivity contribution >= 4 is 17.9 Å². The van der Waals surface area contributed by atoms with Crippen LogP contribution in [0.4, 0.5) is 10.7 Å². The molecule has 9 nitrogen and oxygen atoms in total. The molecule has 2 fully saturated rings. The average Bonchev–Trinajstić information content (AvgIpc) is 3.06. The van der Waals surface area contributed by atoms with Gasteiger partial charge in [0.2, 0.25) is 17.7 Å². The van der Waals surface area contributed by atoms with Crippen LogP contribution in [-0.2, 0) is 4.79 Å². The van der Waals surface area contributed by atoms with Gasteiger partial charge in [-0.3, -0.25) is 4.79 Å². The minimum Gasteiger partial charge on any atom is -0.481 e. The molecule has 2 aliphatic heterocycles. The lowest BCUT2D eigenvalue weighted by Gasteiger charge is -2.34. The van der Waals surface area contributed by atoms with E-state index in [-0.39, 0.29) is 17.9 Å². The summed E-state index contributed by atoms with van der Waals surface area (Å²) in [5.41, 5.74) is 0. The number of carbonyl (C=O) groups is 2. The molecule has 0 radical (unpaired) electrons. The van der Waals surface area contributed by atoms with Crippen LogP contribution in [0.25, 0.3) is 0 Å². The monoisotopic (exact) mass is 362 g/mol. The van der Waals surface area contributed by atoms with E-state index in [4.69, 9.17) is 4.74 Å². The van der Waals surface area contributed by atoms with Crippen LogP contribution in [0, 0.1) is 5.92 Å². The van der Waals surface area contributed by atoms with Crippen molar-refractivity contribution in [2.45, 2.75) is 13.3 Å². The fraction of sp³-hybridized carbons (Fsp3) is 0.647. The van der Waals surface area contributed by atoms with E-state index in [0.29, 0.717) is 51.0 Å². The van der Waals surface area contributed by atoms with Gasteiger partial charge in [-0.2, -0.15) is 4.98 Å². The van der Waals surface area contributed by atoms with E-state index in [2.05, 4.69) is 15.3 Å². The number of anilines is 1. The van der Waals surface area contributed by atoms with Gasteiger partial charge in [0.25, 0.3) is 0 Å². The summed E-state index contributed by atoms with van der Waals surface area (Å²) in [5, 5.41) is 2.97. The average molecular weight is 362 g/mol. The molecule has 3 heterocycles. The van der Waals surface area contributed by atoms with Crippen LogP contribution in [-0.4, -0.2) is 84.6 Å². The van der Waals surface area contributed by atoms with Gasteiger partial charge >= 0.3 is 6.03 Å². The molecule has 1 aromatic rings. The molecular weight excluding hydrogens is 336 g/mol. The summed E-state index contributed by atoms with van der Waals surface area (Å²) in [7, 11) is 1.58. The third kappa shape index (κ3) is 4.14. The van der Waals surface area contributed by atoms with Gasteiger partial charge in [0.05, 0.1) is 7.11 Å². The molecule has 0 saturated carbocycles. The summed E-state index contributed by atoms with van der Waals surface area (Å²) in [4.78, 5) is 38.4. The fourth-order valence-corrected chi connectivity index (χ4v) is 3.35. The maximum Gasteiger partial charge on any atom is 0.317 e. The largest absolute Gasteiger partial charge is 0.481 e. The third-order valence-corrected chi connectivity index (χ3v) is 4.89. The van der Waals surface area contributed by atoms with Crippen molar-refractivity contribution in [3.63, 3.8) is 0 Å². The van der Waals surface area contributed by atoms with Crippen molar-refractivity contribution in [3.8, 4) is 5.88 Å². The van der Waals surface area contributed by atoms with Crippen molar-refractivity contribution in [1.82, 2.24) is 25.1 Å². The van der Waals surface area contributed by atoms with Crippen LogP contribution in [0.15, 0.2) is 12.3 Å². The van der Waals surface area contributed by atoms with Crippen LogP contribution in [0.3, 0.4) is 0 Å². The molecule has 9 heteroatoms. The highest BCUT2D eigenvalue weighted by atomic mass is 16.5. The van der Waals surface area contributed by atoms with E-state index in [1.807, 2.05) is 16.7 Å². The predicted octanol–water partition coefficient (Wildman–Crippen LogP) is 0.185. The first-order chi connectivity index (χ1) is 12.6. The van der Waals surface area contributed by atoms with E-state index in [1.165, 1.54) is 0 Å².